The van der Waals surface area contributed by atoms with Crippen LogP contribution in [0.1, 0.15) is 37.0 Å². The number of anilines is 1. The molecule has 0 unspecified atom stereocenters. The second kappa shape index (κ2) is 7.50. The van der Waals surface area contributed by atoms with E-state index in [1.54, 1.807) is 29.2 Å². The van der Waals surface area contributed by atoms with Crippen molar-refractivity contribution in [3.63, 3.8) is 0 Å². The number of para-hydroxylation sites is 1. The number of carbonyl (C=O) groups is 1. The Balaban J connectivity index is 1.87. The van der Waals surface area contributed by atoms with Crippen molar-refractivity contribution in [2.45, 2.75) is 44.6 Å². The van der Waals surface area contributed by atoms with Crippen LogP contribution in [0.5, 0.6) is 0 Å². The second-order valence-corrected chi connectivity index (χ2v) is 8.26. The predicted octanol–water partition coefficient (Wildman–Crippen LogP) is 3.34. The van der Waals surface area contributed by atoms with Crippen LogP contribution in [0.3, 0.4) is 0 Å². The molecule has 1 aliphatic rings. The molecule has 0 spiro atoms. The first-order chi connectivity index (χ1) is 12.4. The van der Waals surface area contributed by atoms with E-state index >= 15 is 0 Å². The molecule has 0 radical (unpaired) electrons. The van der Waals surface area contributed by atoms with Crippen molar-refractivity contribution >= 4 is 21.6 Å². The lowest BCUT2D eigenvalue weighted by Crippen LogP contribution is -2.28. The topological polar surface area (TPSA) is 66.5 Å². The summed E-state index contributed by atoms with van der Waals surface area (Å²) in [5, 5.41) is 0. The predicted molar refractivity (Wildman–Crippen MR) is 102 cm³/mol. The molecule has 1 N–H and O–H groups in total. The summed E-state index contributed by atoms with van der Waals surface area (Å²) in [6, 6.07) is 12.6. The summed E-state index contributed by atoms with van der Waals surface area (Å²) in [6.45, 7) is 4.36. The third-order valence-corrected chi connectivity index (χ3v) is 6.19. The van der Waals surface area contributed by atoms with Crippen LogP contribution >= 0.6 is 0 Å². The van der Waals surface area contributed by atoms with E-state index in [9.17, 15) is 13.2 Å². The van der Waals surface area contributed by atoms with E-state index in [4.69, 9.17) is 0 Å². The molecule has 5 nitrogen and oxygen atoms in total. The standard InChI is InChI=1S/C20H24N2O3S/c1-3-22(15(2)23)14-18-7-4-5-10-20(18)21-26(24,25)19-12-11-16-8-6-9-17(16)13-19/h4-5,7,10-13,21H,3,6,8-9,14H2,1-2H3. The van der Waals surface area contributed by atoms with Crippen LogP contribution in [0.25, 0.3) is 0 Å². The van der Waals surface area contributed by atoms with Gasteiger partial charge in [0.15, 0.2) is 0 Å². The Morgan fingerprint density at radius 3 is 2.58 bits per heavy atom. The Morgan fingerprint density at radius 1 is 1.12 bits per heavy atom. The number of sulfonamides is 1. The third kappa shape index (κ3) is 3.90. The average Bonchev–Trinajstić information content (AvgIpc) is 3.08. The molecule has 0 aromatic heterocycles. The van der Waals surface area contributed by atoms with E-state index in [-0.39, 0.29) is 10.8 Å². The maximum atomic E-state index is 12.9. The molecular weight excluding hydrogens is 348 g/mol. The van der Waals surface area contributed by atoms with Crippen LogP contribution in [0.2, 0.25) is 0 Å². The van der Waals surface area contributed by atoms with Gasteiger partial charge < -0.3 is 4.90 Å². The summed E-state index contributed by atoms with van der Waals surface area (Å²) >= 11 is 0. The lowest BCUT2D eigenvalue weighted by Gasteiger charge is -2.21. The largest absolute Gasteiger partial charge is 0.339 e. The molecule has 0 heterocycles. The molecule has 1 aliphatic carbocycles. The van der Waals surface area contributed by atoms with Crippen LogP contribution < -0.4 is 4.72 Å². The summed E-state index contributed by atoms with van der Waals surface area (Å²) in [7, 11) is -3.67. The van der Waals surface area contributed by atoms with Crippen molar-refractivity contribution in [2.24, 2.45) is 0 Å². The number of nitrogens with one attached hydrogen (secondary N) is 1. The molecule has 2 aromatic carbocycles. The smallest absolute Gasteiger partial charge is 0.261 e. The first-order valence-corrected chi connectivity index (χ1v) is 10.4. The maximum absolute atomic E-state index is 12.9. The molecule has 0 bridgehead atoms. The lowest BCUT2D eigenvalue weighted by atomic mass is 10.1. The number of benzene rings is 2. The molecule has 26 heavy (non-hydrogen) atoms. The van der Waals surface area contributed by atoms with Crippen molar-refractivity contribution in [3.05, 3.63) is 59.2 Å². The third-order valence-electron chi connectivity index (χ3n) is 4.83. The Hall–Kier alpha value is -2.34. The van der Waals surface area contributed by atoms with Gasteiger partial charge >= 0.3 is 0 Å². The second-order valence-electron chi connectivity index (χ2n) is 6.58. The minimum atomic E-state index is -3.67. The van der Waals surface area contributed by atoms with Gasteiger partial charge in [-0.2, -0.15) is 0 Å². The van der Waals surface area contributed by atoms with E-state index in [0.717, 1.165) is 30.4 Å². The Bertz CT molecular complexity index is 922. The zero-order chi connectivity index (χ0) is 18.7. The average molecular weight is 372 g/mol. The molecule has 3 rings (SSSR count). The summed E-state index contributed by atoms with van der Waals surface area (Å²) in [5.41, 5.74) is 3.64. The Kier molecular flexibility index (Phi) is 5.32. The molecule has 6 heteroatoms. The van der Waals surface area contributed by atoms with Gasteiger partial charge in [-0.15, -0.1) is 0 Å². The molecule has 0 fully saturated rings. The highest BCUT2D eigenvalue weighted by Crippen LogP contribution is 2.27. The van der Waals surface area contributed by atoms with Crippen molar-refractivity contribution in [2.75, 3.05) is 11.3 Å². The van der Waals surface area contributed by atoms with Gasteiger partial charge in [0.1, 0.15) is 0 Å². The molecule has 1 amide bonds. The SMILES string of the molecule is CCN(Cc1ccccc1NS(=O)(=O)c1ccc2c(c1)CCC2)C(C)=O. The number of amides is 1. The quantitative estimate of drug-likeness (QED) is 0.846. The van der Waals surface area contributed by atoms with Gasteiger partial charge in [0.2, 0.25) is 5.91 Å². The molecule has 0 saturated carbocycles. The number of rotatable bonds is 6. The van der Waals surface area contributed by atoms with E-state index in [1.165, 1.54) is 12.5 Å². The minimum absolute atomic E-state index is 0.0382. The van der Waals surface area contributed by atoms with Crippen molar-refractivity contribution < 1.29 is 13.2 Å². The van der Waals surface area contributed by atoms with E-state index < -0.39 is 10.0 Å². The zero-order valence-corrected chi connectivity index (χ0v) is 16.0. The highest BCUT2D eigenvalue weighted by atomic mass is 32.2. The van der Waals surface area contributed by atoms with Crippen molar-refractivity contribution in [3.8, 4) is 0 Å². The first kappa shape index (κ1) is 18.5. The summed E-state index contributed by atoms with van der Waals surface area (Å²) in [5.74, 6) is -0.0382. The summed E-state index contributed by atoms with van der Waals surface area (Å²) in [4.78, 5) is 13.6. The first-order valence-electron chi connectivity index (χ1n) is 8.88. The molecule has 0 atom stereocenters. The number of nitrogens with zero attached hydrogens (tertiary/aromatic N) is 1. The fraction of sp³-hybridized carbons (Fsp3) is 0.350. The fourth-order valence-corrected chi connectivity index (χ4v) is 4.48. The van der Waals surface area contributed by atoms with Gasteiger partial charge in [0, 0.05) is 20.0 Å². The monoisotopic (exact) mass is 372 g/mol. The molecular formula is C20H24N2O3S. The van der Waals surface area contributed by atoms with E-state index in [2.05, 4.69) is 4.72 Å². The minimum Gasteiger partial charge on any atom is -0.339 e. The van der Waals surface area contributed by atoms with Crippen LogP contribution in [0.4, 0.5) is 5.69 Å². The van der Waals surface area contributed by atoms with Gasteiger partial charge in [-0.25, -0.2) is 8.42 Å². The summed E-state index contributed by atoms with van der Waals surface area (Å²) < 4.78 is 28.4. The van der Waals surface area contributed by atoms with Crippen molar-refractivity contribution in [1.82, 2.24) is 4.90 Å². The lowest BCUT2D eigenvalue weighted by molar-refractivity contribution is -0.129. The number of hydrogen-bond acceptors (Lipinski definition) is 3. The highest BCUT2D eigenvalue weighted by Gasteiger charge is 2.20. The fourth-order valence-electron chi connectivity index (χ4n) is 3.33. The molecule has 0 aliphatic heterocycles. The zero-order valence-electron chi connectivity index (χ0n) is 15.2. The van der Waals surface area contributed by atoms with Crippen LogP contribution in [-0.2, 0) is 34.2 Å². The molecule has 0 saturated heterocycles. The van der Waals surface area contributed by atoms with Crippen LogP contribution in [0.15, 0.2) is 47.4 Å². The van der Waals surface area contributed by atoms with Crippen molar-refractivity contribution in [1.29, 1.82) is 0 Å². The maximum Gasteiger partial charge on any atom is 0.261 e. The van der Waals surface area contributed by atoms with Gasteiger partial charge in [-0.1, -0.05) is 24.3 Å². The van der Waals surface area contributed by atoms with Crippen LogP contribution in [0, 0.1) is 0 Å². The van der Waals surface area contributed by atoms with Gasteiger partial charge in [-0.3, -0.25) is 9.52 Å². The van der Waals surface area contributed by atoms with Gasteiger partial charge in [0.05, 0.1) is 10.6 Å². The van der Waals surface area contributed by atoms with E-state index in [0.29, 0.717) is 18.8 Å². The number of carbonyl (C=O) groups excluding carboxylic acids is 1. The normalized spacial score (nSPS) is 13.3. The highest BCUT2D eigenvalue weighted by molar-refractivity contribution is 7.92. The Labute approximate surface area is 155 Å². The number of hydrogen-bond donors (Lipinski definition) is 1. The summed E-state index contributed by atoms with van der Waals surface area (Å²) in [6.07, 6.45) is 3.02. The Morgan fingerprint density at radius 2 is 1.85 bits per heavy atom. The number of aryl methyl sites for hydroxylation is 2. The van der Waals surface area contributed by atoms with E-state index in [1.807, 2.05) is 25.1 Å². The van der Waals surface area contributed by atoms with Gasteiger partial charge in [0.25, 0.3) is 10.0 Å². The van der Waals surface area contributed by atoms with Gasteiger partial charge in [-0.05, 0) is 61.1 Å². The number of fused-ring (bicyclic) bond motifs is 1. The molecule has 138 valence electrons. The molecule has 2 aromatic rings. The van der Waals surface area contributed by atoms with Crippen LogP contribution in [-0.4, -0.2) is 25.8 Å².